The first-order valence-corrected chi connectivity index (χ1v) is 8.72. The number of likely N-dealkylation sites (N-methyl/N-ethyl adjacent to an activating group) is 1. The van der Waals surface area contributed by atoms with Crippen molar-refractivity contribution in [2.24, 2.45) is 11.8 Å². The standard InChI is InChI=1S/C17H35N3/c1-5-18-17-9-8-14(2)11-15(17)12-20-10-6-7-16(13-20)19(3)4/h14-18H,5-13H2,1-4H3. The minimum atomic E-state index is 0.760. The zero-order valence-corrected chi connectivity index (χ0v) is 14.1. The molecule has 20 heavy (non-hydrogen) atoms. The van der Waals surface area contributed by atoms with Gasteiger partial charge < -0.3 is 15.1 Å². The quantitative estimate of drug-likeness (QED) is 0.835. The average Bonchev–Trinajstić information content (AvgIpc) is 2.42. The van der Waals surface area contributed by atoms with Crippen molar-refractivity contribution < 1.29 is 0 Å². The van der Waals surface area contributed by atoms with E-state index in [4.69, 9.17) is 0 Å². The Bertz CT molecular complexity index is 279. The Balaban J connectivity index is 1.88. The highest BCUT2D eigenvalue weighted by Crippen LogP contribution is 2.30. The summed E-state index contributed by atoms with van der Waals surface area (Å²) in [4.78, 5) is 5.15. The molecule has 4 atom stereocenters. The van der Waals surface area contributed by atoms with Crippen molar-refractivity contribution in [1.82, 2.24) is 15.1 Å². The van der Waals surface area contributed by atoms with Crippen molar-refractivity contribution in [3.8, 4) is 0 Å². The van der Waals surface area contributed by atoms with Crippen molar-refractivity contribution in [2.75, 3.05) is 40.3 Å². The third kappa shape index (κ3) is 4.44. The normalized spacial score (nSPS) is 36.5. The van der Waals surface area contributed by atoms with Crippen LogP contribution in [0.15, 0.2) is 0 Å². The number of nitrogens with zero attached hydrogens (tertiary/aromatic N) is 2. The zero-order chi connectivity index (χ0) is 14.5. The highest BCUT2D eigenvalue weighted by molar-refractivity contribution is 4.87. The molecular weight excluding hydrogens is 246 g/mol. The number of hydrogen-bond acceptors (Lipinski definition) is 3. The molecule has 2 aliphatic rings. The van der Waals surface area contributed by atoms with Gasteiger partial charge in [-0.05, 0) is 71.1 Å². The summed E-state index contributed by atoms with van der Waals surface area (Å²) in [7, 11) is 4.47. The van der Waals surface area contributed by atoms with E-state index in [0.29, 0.717) is 0 Å². The Kier molecular flexibility index (Phi) is 6.31. The molecule has 4 unspecified atom stereocenters. The van der Waals surface area contributed by atoms with E-state index in [9.17, 15) is 0 Å². The SMILES string of the molecule is CCNC1CCC(C)CC1CN1CCCC(N(C)C)C1. The van der Waals surface area contributed by atoms with Gasteiger partial charge in [0.25, 0.3) is 0 Å². The highest BCUT2D eigenvalue weighted by atomic mass is 15.2. The first kappa shape index (κ1) is 16.3. The molecule has 1 aliphatic carbocycles. The molecule has 118 valence electrons. The minimum absolute atomic E-state index is 0.760. The minimum Gasteiger partial charge on any atom is -0.314 e. The predicted octanol–water partition coefficient (Wildman–Crippen LogP) is 2.43. The van der Waals surface area contributed by atoms with Crippen LogP contribution in [0.5, 0.6) is 0 Å². The third-order valence-corrected chi connectivity index (χ3v) is 5.41. The zero-order valence-electron chi connectivity index (χ0n) is 14.1. The number of nitrogens with one attached hydrogen (secondary N) is 1. The summed E-state index contributed by atoms with van der Waals surface area (Å²) in [5.74, 6) is 1.78. The number of piperidine rings is 1. The molecule has 1 saturated carbocycles. The Labute approximate surface area is 126 Å². The molecule has 3 nitrogen and oxygen atoms in total. The van der Waals surface area contributed by atoms with Crippen LogP contribution in [0, 0.1) is 11.8 Å². The lowest BCUT2D eigenvalue weighted by Gasteiger charge is -2.42. The van der Waals surface area contributed by atoms with Gasteiger partial charge in [0, 0.05) is 25.2 Å². The van der Waals surface area contributed by atoms with E-state index in [0.717, 1.165) is 30.5 Å². The molecule has 0 aromatic rings. The van der Waals surface area contributed by atoms with Gasteiger partial charge in [0.2, 0.25) is 0 Å². The molecule has 0 amide bonds. The van der Waals surface area contributed by atoms with E-state index in [1.54, 1.807) is 0 Å². The fraction of sp³-hybridized carbons (Fsp3) is 1.00. The maximum Gasteiger partial charge on any atom is 0.0217 e. The van der Waals surface area contributed by atoms with E-state index >= 15 is 0 Å². The molecule has 1 aliphatic heterocycles. The first-order valence-electron chi connectivity index (χ1n) is 8.72. The van der Waals surface area contributed by atoms with Crippen LogP contribution >= 0.6 is 0 Å². The smallest absolute Gasteiger partial charge is 0.0217 e. The van der Waals surface area contributed by atoms with Crippen molar-refractivity contribution in [2.45, 2.75) is 58.0 Å². The Morgan fingerprint density at radius 2 is 2.00 bits per heavy atom. The van der Waals surface area contributed by atoms with Crippen LogP contribution in [-0.4, -0.2) is 62.2 Å². The van der Waals surface area contributed by atoms with E-state index in [2.05, 4.69) is 43.1 Å². The van der Waals surface area contributed by atoms with Gasteiger partial charge in [-0.2, -0.15) is 0 Å². The van der Waals surface area contributed by atoms with Crippen LogP contribution in [0.3, 0.4) is 0 Å². The number of hydrogen-bond donors (Lipinski definition) is 1. The van der Waals surface area contributed by atoms with Gasteiger partial charge in [0.1, 0.15) is 0 Å². The Hall–Kier alpha value is -0.120. The van der Waals surface area contributed by atoms with E-state index in [-0.39, 0.29) is 0 Å². The molecular formula is C17H35N3. The molecule has 2 rings (SSSR count). The van der Waals surface area contributed by atoms with Gasteiger partial charge in [-0.3, -0.25) is 0 Å². The van der Waals surface area contributed by atoms with Crippen LogP contribution in [-0.2, 0) is 0 Å². The summed E-state index contributed by atoms with van der Waals surface area (Å²) in [6, 6.07) is 1.53. The lowest BCUT2D eigenvalue weighted by atomic mass is 9.78. The second kappa shape index (κ2) is 7.77. The number of rotatable bonds is 5. The van der Waals surface area contributed by atoms with Crippen molar-refractivity contribution >= 4 is 0 Å². The van der Waals surface area contributed by atoms with E-state index < -0.39 is 0 Å². The van der Waals surface area contributed by atoms with Gasteiger partial charge in [0.15, 0.2) is 0 Å². The average molecular weight is 281 g/mol. The van der Waals surface area contributed by atoms with Crippen LogP contribution in [0.2, 0.25) is 0 Å². The fourth-order valence-electron chi connectivity index (χ4n) is 4.18. The molecule has 2 fully saturated rings. The second-order valence-electron chi connectivity index (χ2n) is 7.36. The largest absolute Gasteiger partial charge is 0.314 e. The van der Waals surface area contributed by atoms with Crippen LogP contribution in [0.25, 0.3) is 0 Å². The van der Waals surface area contributed by atoms with Crippen molar-refractivity contribution in [1.29, 1.82) is 0 Å². The Morgan fingerprint density at radius 3 is 2.70 bits per heavy atom. The van der Waals surface area contributed by atoms with Crippen LogP contribution in [0.4, 0.5) is 0 Å². The second-order valence-corrected chi connectivity index (χ2v) is 7.36. The molecule has 1 saturated heterocycles. The van der Waals surface area contributed by atoms with Crippen LogP contribution in [0.1, 0.15) is 46.0 Å². The molecule has 1 N–H and O–H groups in total. The summed E-state index contributed by atoms with van der Waals surface area (Å²) < 4.78 is 0. The van der Waals surface area contributed by atoms with E-state index in [1.165, 1.54) is 51.7 Å². The molecule has 3 heteroatoms. The summed E-state index contributed by atoms with van der Waals surface area (Å²) in [6.45, 7) is 9.71. The number of likely N-dealkylation sites (tertiary alicyclic amines) is 1. The molecule has 0 spiro atoms. The monoisotopic (exact) mass is 281 g/mol. The summed E-state index contributed by atoms with van der Waals surface area (Å²) in [5, 5.41) is 3.74. The van der Waals surface area contributed by atoms with Crippen LogP contribution < -0.4 is 5.32 Å². The predicted molar refractivity (Wildman–Crippen MR) is 87.1 cm³/mol. The molecule has 0 bridgehead atoms. The first-order chi connectivity index (χ1) is 9.60. The lowest BCUT2D eigenvalue weighted by Crippen LogP contribution is -2.50. The topological polar surface area (TPSA) is 18.5 Å². The highest BCUT2D eigenvalue weighted by Gasteiger charge is 2.31. The van der Waals surface area contributed by atoms with E-state index in [1.807, 2.05) is 0 Å². The lowest BCUT2D eigenvalue weighted by molar-refractivity contribution is 0.0910. The summed E-state index contributed by atoms with van der Waals surface area (Å²) in [5.41, 5.74) is 0. The fourth-order valence-corrected chi connectivity index (χ4v) is 4.18. The third-order valence-electron chi connectivity index (χ3n) is 5.41. The maximum atomic E-state index is 3.74. The van der Waals surface area contributed by atoms with Gasteiger partial charge in [-0.25, -0.2) is 0 Å². The van der Waals surface area contributed by atoms with Gasteiger partial charge in [-0.15, -0.1) is 0 Å². The van der Waals surface area contributed by atoms with Crippen molar-refractivity contribution in [3.63, 3.8) is 0 Å². The molecule has 0 aromatic heterocycles. The van der Waals surface area contributed by atoms with Gasteiger partial charge in [-0.1, -0.05) is 13.8 Å². The Morgan fingerprint density at radius 1 is 1.20 bits per heavy atom. The molecule has 0 radical (unpaired) electrons. The maximum absolute atomic E-state index is 3.74. The molecule has 1 heterocycles. The van der Waals surface area contributed by atoms with Gasteiger partial charge in [0.05, 0.1) is 0 Å². The summed E-state index contributed by atoms with van der Waals surface area (Å²) in [6.07, 6.45) is 6.96. The van der Waals surface area contributed by atoms with Crippen molar-refractivity contribution in [3.05, 3.63) is 0 Å². The summed E-state index contributed by atoms with van der Waals surface area (Å²) >= 11 is 0. The molecule has 0 aromatic carbocycles. The van der Waals surface area contributed by atoms with Gasteiger partial charge >= 0.3 is 0 Å².